The Morgan fingerprint density at radius 1 is 1.09 bits per heavy atom. The van der Waals surface area contributed by atoms with E-state index in [9.17, 15) is 10.1 Å². The molecule has 8 nitrogen and oxygen atoms in total. The van der Waals surface area contributed by atoms with Gasteiger partial charge in [-0.05, 0) is 42.9 Å². The van der Waals surface area contributed by atoms with Gasteiger partial charge in [-0.25, -0.2) is 0 Å². The predicted octanol–water partition coefficient (Wildman–Crippen LogP) is 5.59. The van der Waals surface area contributed by atoms with Gasteiger partial charge in [0.25, 0.3) is 5.69 Å². The Labute approximate surface area is 197 Å². The third-order valence-corrected chi connectivity index (χ3v) is 6.36. The monoisotopic (exact) mass is 457 g/mol. The molecular formula is C26H27N5O3. The lowest BCUT2D eigenvalue weighted by molar-refractivity contribution is -0.383. The molecule has 3 aromatic carbocycles. The topological polar surface area (TPSA) is 85.5 Å². The Morgan fingerprint density at radius 3 is 2.62 bits per heavy atom. The van der Waals surface area contributed by atoms with E-state index in [0.717, 1.165) is 58.8 Å². The summed E-state index contributed by atoms with van der Waals surface area (Å²) >= 11 is 0. The number of aromatic nitrogens is 2. The average molecular weight is 458 g/mol. The van der Waals surface area contributed by atoms with Crippen LogP contribution < -0.4 is 10.1 Å². The van der Waals surface area contributed by atoms with E-state index >= 15 is 0 Å². The van der Waals surface area contributed by atoms with E-state index in [-0.39, 0.29) is 10.6 Å². The number of fused-ring (bicyclic) bond motifs is 2. The zero-order chi connectivity index (χ0) is 23.7. The Kier molecular flexibility index (Phi) is 5.90. The number of hydrogen-bond donors (Lipinski definition) is 1. The highest BCUT2D eigenvalue weighted by Crippen LogP contribution is 2.48. The van der Waals surface area contributed by atoms with Crippen LogP contribution in [-0.2, 0) is 13.2 Å². The molecule has 0 bridgehead atoms. The number of nitrogens with one attached hydrogen (secondary N) is 1. The Balaban J connectivity index is 1.58. The smallest absolute Gasteiger partial charge is 0.293 e. The van der Waals surface area contributed by atoms with Crippen LogP contribution in [0.2, 0.25) is 0 Å². The second-order valence-electron chi connectivity index (χ2n) is 8.32. The minimum absolute atomic E-state index is 0.0482. The van der Waals surface area contributed by atoms with Crippen molar-refractivity contribution in [2.45, 2.75) is 27.0 Å². The molecular weight excluding hydrogens is 430 g/mol. The van der Waals surface area contributed by atoms with Crippen molar-refractivity contribution in [3.8, 4) is 17.0 Å². The van der Waals surface area contributed by atoms with Gasteiger partial charge in [0.15, 0.2) is 0 Å². The van der Waals surface area contributed by atoms with Crippen molar-refractivity contribution in [2.24, 2.45) is 0 Å². The summed E-state index contributed by atoms with van der Waals surface area (Å²) in [6.07, 6.45) is 0. The fourth-order valence-corrected chi connectivity index (χ4v) is 4.50. The maximum atomic E-state index is 11.8. The first-order valence-electron chi connectivity index (χ1n) is 11.6. The molecule has 1 aliphatic heterocycles. The van der Waals surface area contributed by atoms with Crippen LogP contribution in [0.3, 0.4) is 0 Å². The number of rotatable bonds is 9. The first-order valence-corrected chi connectivity index (χ1v) is 11.6. The first kappa shape index (κ1) is 21.9. The van der Waals surface area contributed by atoms with Crippen molar-refractivity contribution >= 4 is 28.0 Å². The van der Waals surface area contributed by atoms with Crippen LogP contribution in [0.4, 0.5) is 17.1 Å². The predicted molar refractivity (Wildman–Crippen MR) is 134 cm³/mol. The van der Waals surface area contributed by atoms with Crippen molar-refractivity contribution in [1.29, 1.82) is 0 Å². The highest BCUT2D eigenvalue weighted by molar-refractivity contribution is 6.12. The molecule has 0 spiro atoms. The van der Waals surface area contributed by atoms with E-state index in [1.165, 1.54) is 6.07 Å². The molecule has 0 aliphatic carbocycles. The third-order valence-electron chi connectivity index (χ3n) is 6.36. The third kappa shape index (κ3) is 3.97. The average Bonchev–Trinajstić information content (AvgIpc) is 3.24. The van der Waals surface area contributed by atoms with Gasteiger partial charge in [-0.3, -0.25) is 14.8 Å². The van der Waals surface area contributed by atoms with Crippen molar-refractivity contribution in [1.82, 2.24) is 14.7 Å². The van der Waals surface area contributed by atoms with Crippen molar-refractivity contribution in [2.75, 3.05) is 25.0 Å². The number of nitro groups is 1. The molecule has 0 fully saturated rings. The lowest BCUT2D eigenvalue weighted by atomic mass is 9.98. The molecule has 0 saturated carbocycles. The van der Waals surface area contributed by atoms with Crippen LogP contribution in [0.5, 0.6) is 5.75 Å². The van der Waals surface area contributed by atoms with E-state index in [0.29, 0.717) is 18.8 Å². The summed E-state index contributed by atoms with van der Waals surface area (Å²) in [5.74, 6) is 0.739. The summed E-state index contributed by atoms with van der Waals surface area (Å²) in [4.78, 5) is 13.7. The molecule has 2 heterocycles. The zero-order valence-electron chi connectivity index (χ0n) is 19.3. The maximum Gasteiger partial charge on any atom is 0.293 e. The molecule has 0 saturated heterocycles. The Bertz CT molecular complexity index is 1350. The lowest BCUT2D eigenvalue weighted by Crippen LogP contribution is -2.27. The SMILES string of the molecule is CCN(CC)CCn1nc2ccc([N+](=O)[O-])c3c2c1-c1cc(OCc2ccccc2)ccc1N3. The summed E-state index contributed by atoms with van der Waals surface area (Å²) in [5.41, 5.74) is 5.00. The van der Waals surface area contributed by atoms with Gasteiger partial charge in [0.2, 0.25) is 0 Å². The zero-order valence-corrected chi connectivity index (χ0v) is 19.3. The summed E-state index contributed by atoms with van der Waals surface area (Å²) in [7, 11) is 0. The fraction of sp³-hybridized carbons (Fsp3) is 0.269. The lowest BCUT2D eigenvalue weighted by Gasteiger charge is -2.22. The van der Waals surface area contributed by atoms with E-state index in [1.54, 1.807) is 6.07 Å². The van der Waals surface area contributed by atoms with Crippen LogP contribution in [0.15, 0.2) is 60.7 Å². The van der Waals surface area contributed by atoms with Gasteiger partial charge >= 0.3 is 0 Å². The highest BCUT2D eigenvalue weighted by Gasteiger charge is 2.30. The molecule has 34 heavy (non-hydrogen) atoms. The van der Waals surface area contributed by atoms with E-state index in [1.807, 2.05) is 53.2 Å². The maximum absolute atomic E-state index is 11.8. The van der Waals surface area contributed by atoms with Crippen LogP contribution in [0, 0.1) is 10.1 Å². The number of anilines is 2. The van der Waals surface area contributed by atoms with Gasteiger partial charge in [-0.15, -0.1) is 0 Å². The largest absolute Gasteiger partial charge is 0.489 e. The van der Waals surface area contributed by atoms with Gasteiger partial charge in [0.1, 0.15) is 18.0 Å². The highest BCUT2D eigenvalue weighted by atomic mass is 16.6. The molecule has 1 aromatic heterocycles. The standard InChI is InChI=1S/C26H27N5O3/c1-3-29(4-2)14-15-30-26-20-16-19(34-17-18-8-6-5-7-9-18)10-11-21(20)27-25-23(31(32)33)13-12-22(28-30)24(25)26/h5-13,16,27H,3-4,14-15,17H2,1-2H3. The minimum Gasteiger partial charge on any atom is -0.489 e. The molecule has 0 radical (unpaired) electrons. The van der Waals surface area contributed by atoms with E-state index in [4.69, 9.17) is 9.84 Å². The normalized spacial score (nSPS) is 12.0. The molecule has 0 unspecified atom stereocenters. The van der Waals surface area contributed by atoms with Crippen molar-refractivity contribution < 1.29 is 9.66 Å². The second-order valence-corrected chi connectivity index (χ2v) is 8.32. The van der Waals surface area contributed by atoms with Crippen molar-refractivity contribution in [3.05, 3.63) is 76.3 Å². The number of hydrogen-bond acceptors (Lipinski definition) is 6. The Hall–Kier alpha value is -3.91. The molecule has 4 aromatic rings. The van der Waals surface area contributed by atoms with E-state index in [2.05, 4.69) is 24.1 Å². The van der Waals surface area contributed by atoms with Gasteiger partial charge in [0, 0.05) is 23.9 Å². The summed E-state index contributed by atoms with van der Waals surface area (Å²) in [6.45, 7) is 8.20. The molecule has 0 amide bonds. The van der Waals surface area contributed by atoms with Crippen LogP contribution in [0.1, 0.15) is 19.4 Å². The number of nitrogens with zero attached hydrogens (tertiary/aromatic N) is 4. The Morgan fingerprint density at radius 2 is 1.88 bits per heavy atom. The first-order chi connectivity index (χ1) is 16.6. The quantitative estimate of drug-likeness (QED) is 0.229. The number of benzene rings is 3. The summed E-state index contributed by atoms with van der Waals surface area (Å²) < 4.78 is 8.06. The van der Waals surface area contributed by atoms with Crippen LogP contribution in [0.25, 0.3) is 22.2 Å². The minimum atomic E-state index is -0.346. The van der Waals surface area contributed by atoms with Gasteiger partial charge in [-0.1, -0.05) is 44.2 Å². The second kappa shape index (κ2) is 9.15. The molecule has 174 valence electrons. The fourth-order valence-electron chi connectivity index (χ4n) is 4.50. The molecule has 1 N–H and O–H groups in total. The van der Waals surface area contributed by atoms with E-state index < -0.39 is 0 Å². The van der Waals surface area contributed by atoms with Crippen molar-refractivity contribution in [3.63, 3.8) is 0 Å². The summed E-state index contributed by atoms with van der Waals surface area (Å²) in [6, 6.07) is 19.1. The number of ether oxygens (including phenoxy) is 1. The molecule has 0 atom stereocenters. The molecule has 1 aliphatic rings. The van der Waals surface area contributed by atoms with Crippen LogP contribution >= 0.6 is 0 Å². The van der Waals surface area contributed by atoms with Crippen LogP contribution in [-0.4, -0.2) is 39.2 Å². The van der Waals surface area contributed by atoms with Gasteiger partial charge < -0.3 is 15.0 Å². The molecule has 5 rings (SSSR count). The van der Waals surface area contributed by atoms with Gasteiger partial charge in [0.05, 0.1) is 28.1 Å². The number of likely N-dealkylation sites (N-methyl/N-ethyl adjacent to an activating group) is 1. The number of nitro benzene ring substituents is 1. The molecule has 8 heteroatoms. The van der Waals surface area contributed by atoms with Gasteiger partial charge in [-0.2, -0.15) is 5.10 Å². The summed E-state index contributed by atoms with van der Waals surface area (Å²) in [5, 5.41) is 20.7.